The molecule has 5 fully saturated rings. The summed E-state index contributed by atoms with van der Waals surface area (Å²) in [5.41, 5.74) is 3.68. The Labute approximate surface area is 234 Å². The number of unbranched alkanes of at least 4 members (excludes halogenated alkanes) is 2. The van der Waals surface area contributed by atoms with Gasteiger partial charge >= 0.3 is 5.97 Å². The summed E-state index contributed by atoms with van der Waals surface area (Å²) >= 11 is 0. The molecule has 0 aromatic rings. The van der Waals surface area contributed by atoms with Crippen molar-refractivity contribution in [2.45, 2.75) is 146 Å². The first kappa shape index (κ1) is 28.9. The number of piperidine rings is 1. The molecule has 0 bridgehead atoms. The number of epoxide rings is 1. The Bertz CT molecular complexity index is 972. The maximum Gasteiger partial charge on any atom is 0.350 e. The summed E-state index contributed by atoms with van der Waals surface area (Å²) in [6.07, 6.45) is 17.8. The number of nitrogens with two attached hydrogens (primary N) is 2. The van der Waals surface area contributed by atoms with Crippen LogP contribution in [-0.2, 0) is 23.9 Å². The van der Waals surface area contributed by atoms with Gasteiger partial charge in [0.05, 0.1) is 6.54 Å². The topological polar surface area (TPSA) is 116 Å². The van der Waals surface area contributed by atoms with E-state index in [2.05, 4.69) is 25.2 Å². The second-order valence-electron chi connectivity index (χ2n) is 13.4. The SMILES string of the molecule is CCCCCC1(OC(=O)[C@]23O[C@@]2(CC=C(C)CCC2CC[NH2+]C(N)C2)C(=O)C2CCCCC2C3=O)CCCC1. The Balaban J connectivity index is 1.34. The average molecular weight is 544 g/mol. The second-order valence-corrected chi connectivity index (χ2v) is 13.4. The maximum absolute atomic E-state index is 14.0. The fourth-order valence-corrected chi connectivity index (χ4v) is 8.27. The lowest BCUT2D eigenvalue weighted by molar-refractivity contribution is -0.699. The Kier molecular flexibility index (Phi) is 8.71. The highest BCUT2D eigenvalue weighted by Crippen LogP contribution is 2.62. The van der Waals surface area contributed by atoms with E-state index >= 15 is 0 Å². The van der Waals surface area contributed by atoms with E-state index in [9.17, 15) is 14.4 Å². The van der Waals surface area contributed by atoms with E-state index in [0.717, 1.165) is 90.0 Å². The highest BCUT2D eigenvalue weighted by molar-refractivity contribution is 6.23. The fourth-order valence-electron chi connectivity index (χ4n) is 8.27. The lowest BCUT2D eigenvalue weighted by Crippen LogP contribution is -2.94. The molecule has 2 heterocycles. The molecule has 7 nitrogen and oxygen atoms in total. The third kappa shape index (κ3) is 5.40. The number of ketones is 2. The van der Waals surface area contributed by atoms with Crippen LogP contribution < -0.4 is 11.1 Å². The van der Waals surface area contributed by atoms with Gasteiger partial charge in [-0.2, -0.15) is 0 Å². The molecule has 0 aromatic carbocycles. The van der Waals surface area contributed by atoms with Gasteiger partial charge in [-0.25, -0.2) is 4.79 Å². The van der Waals surface area contributed by atoms with Crippen LogP contribution in [-0.4, -0.2) is 47.0 Å². The molecule has 5 rings (SSSR count). The van der Waals surface area contributed by atoms with Gasteiger partial charge in [0.2, 0.25) is 0 Å². The fraction of sp³-hybridized carbons (Fsp3) is 0.844. The Morgan fingerprint density at radius 2 is 1.79 bits per heavy atom. The monoisotopic (exact) mass is 543 g/mol. The van der Waals surface area contributed by atoms with E-state index in [1.54, 1.807) is 0 Å². The van der Waals surface area contributed by atoms with Crippen molar-refractivity contribution in [3.05, 3.63) is 11.6 Å². The molecule has 0 spiro atoms. The third-order valence-corrected chi connectivity index (χ3v) is 10.7. The summed E-state index contributed by atoms with van der Waals surface area (Å²) in [5.74, 6) is -0.916. The minimum absolute atomic E-state index is 0.0342. The van der Waals surface area contributed by atoms with Crippen LogP contribution >= 0.6 is 0 Å². The molecule has 4 N–H and O–H groups in total. The zero-order valence-electron chi connectivity index (χ0n) is 24.3. The molecule has 0 amide bonds. The summed E-state index contributed by atoms with van der Waals surface area (Å²) < 4.78 is 12.6. The zero-order valence-corrected chi connectivity index (χ0v) is 24.3. The van der Waals surface area contributed by atoms with Crippen molar-refractivity contribution in [2.75, 3.05) is 6.54 Å². The van der Waals surface area contributed by atoms with Crippen LogP contribution in [0.5, 0.6) is 0 Å². The van der Waals surface area contributed by atoms with Gasteiger partial charge in [0, 0.05) is 24.7 Å². The standard InChI is InChI=1S/C32H50N2O5/c1-3-4-7-16-30(17-8-9-18-30)38-29(37)32-28(36)25-11-6-5-10-24(25)27(35)31(32,39-32)19-14-22(2)12-13-23-15-20-34-26(33)21-23/h14,23-26,34H,3-13,15-21,33H2,1-2H3/p+1/t23?,24?,25?,26?,31-,32-/m0/s1. The van der Waals surface area contributed by atoms with E-state index in [1.807, 2.05) is 0 Å². The second kappa shape index (κ2) is 11.7. The van der Waals surface area contributed by atoms with Gasteiger partial charge in [0.1, 0.15) is 11.8 Å². The van der Waals surface area contributed by atoms with Gasteiger partial charge in [-0.05, 0) is 83.5 Å². The predicted molar refractivity (Wildman–Crippen MR) is 149 cm³/mol. The molecule has 0 radical (unpaired) electrons. The number of hydrogen-bond acceptors (Lipinski definition) is 6. The van der Waals surface area contributed by atoms with Crippen molar-refractivity contribution in [2.24, 2.45) is 23.5 Å². The average Bonchev–Trinajstić information content (AvgIpc) is 3.45. The maximum atomic E-state index is 14.0. The largest absolute Gasteiger partial charge is 0.457 e. The molecule has 39 heavy (non-hydrogen) atoms. The van der Waals surface area contributed by atoms with Crippen molar-refractivity contribution in [3.8, 4) is 0 Å². The first-order valence-corrected chi connectivity index (χ1v) is 16.0. The van der Waals surface area contributed by atoms with Crippen LogP contribution in [0.2, 0.25) is 0 Å². The first-order valence-electron chi connectivity index (χ1n) is 16.0. The molecular formula is C32H51N2O5+. The smallest absolute Gasteiger partial charge is 0.350 e. The van der Waals surface area contributed by atoms with Crippen molar-refractivity contribution in [3.63, 3.8) is 0 Å². The number of hydrogen-bond donors (Lipinski definition) is 2. The molecule has 7 heteroatoms. The molecule has 3 saturated carbocycles. The van der Waals surface area contributed by atoms with Crippen molar-refractivity contribution in [1.82, 2.24) is 0 Å². The number of allylic oxidation sites excluding steroid dienone is 1. The molecule has 5 aliphatic rings. The minimum atomic E-state index is -1.74. The van der Waals surface area contributed by atoms with Gasteiger partial charge < -0.3 is 14.8 Å². The van der Waals surface area contributed by atoms with Gasteiger partial charge in [-0.15, -0.1) is 0 Å². The van der Waals surface area contributed by atoms with Crippen LogP contribution in [0, 0.1) is 17.8 Å². The number of Topliss-reactive ketones (excluding diaryl/α,β-unsaturated/α-hetero) is 2. The third-order valence-electron chi connectivity index (χ3n) is 10.7. The molecule has 3 aliphatic carbocycles. The zero-order chi connectivity index (χ0) is 27.7. The van der Waals surface area contributed by atoms with Crippen LogP contribution in [0.4, 0.5) is 0 Å². The molecular weight excluding hydrogens is 492 g/mol. The van der Waals surface area contributed by atoms with E-state index in [1.165, 1.54) is 12.0 Å². The van der Waals surface area contributed by atoms with E-state index in [-0.39, 0.29) is 30.1 Å². The summed E-state index contributed by atoms with van der Waals surface area (Å²) in [4.78, 5) is 42.1. The Morgan fingerprint density at radius 1 is 1.08 bits per heavy atom. The van der Waals surface area contributed by atoms with E-state index < -0.39 is 28.7 Å². The van der Waals surface area contributed by atoms with E-state index in [0.29, 0.717) is 18.8 Å². The summed E-state index contributed by atoms with van der Waals surface area (Å²) in [7, 11) is 0. The van der Waals surface area contributed by atoms with Crippen molar-refractivity contribution < 1.29 is 29.2 Å². The Hall–Kier alpha value is -1.57. The number of quaternary nitrogens is 1. The molecule has 6 atom stereocenters. The van der Waals surface area contributed by atoms with Crippen molar-refractivity contribution in [1.29, 1.82) is 0 Å². The molecule has 0 aromatic heterocycles. The number of fused-ring (bicyclic) bond motifs is 2. The first-order chi connectivity index (χ1) is 18.8. The van der Waals surface area contributed by atoms with E-state index in [4.69, 9.17) is 15.2 Å². The number of rotatable bonds is 11. The lowest BCUT2D eigenvalue weighted by atomic mass is 9.61. The van der Waals surface area contributed by atoms with Crippen LogP contribution in [0.1, 0.15) is 123 Å². The van der Waals surface area contributed by atoms with Crippen LogP contribution in [0.15, 0.2) is 11.6 Å². The summed E-state index contributed by atoms with van der Waals surface area (Å²) in [5, 5.41) is 2.21. The highest BCUT2D eigenvalue weighted by atomic mass is 16.7. The van der Waals surface area contributed by atoms with Crippen LogP contribution in [0.25, 0.3) is 0 Å². The van der Waals surface area contributed by atoms with Crippen LogP contribution in [0.3, 0.4) is 0 Å². The summed E-state index contributed by atoms with van der Waals surface area (Å²) in [6.45, 7) is 5.34. The molecule has 2 saturated heterocycles. The molecule has 4 unspecified atom stereocenters. The molecule has 2 aliphatic heterocycles. The number of esters is 1. The van der Waals surface area contributed by atoms with Gasteiger partial charge in [-0.1, -0.05) is 44.3 Å². The van der Waals surface area contributed by atoms with Gasteiger partial charge in [0.15, 0.2) is 17.2 Å². The molecule has 218 valence electrons. The predicted octanol–water partition coefficient (Wildman–Crippen LogP) is 4.26. The van der Waals surface area contributed by atoms with Gasteiger partial charge in [0.25, 0.3) is 5.60 Å². The number of ether oxygens (including phenoxy) is 2. The quantitative estimate of drug-likeness (QED) is 0.132. The number of carbonyl (C=O) groups excluding carboxylic acids is 3. The van der Waals surface area contributed by atoms with Crippen molar-refractivity contribution >= 4 is 17.5 Å². The number of carbonyl (C=O) groups is 3. The summed E-state index contributed by atoms with van der Waals surface area (Å²) in [6, 6.07) is 0. The minimum Gasteiger partial charge on any atom is -0.457 e. The van der Waals surface area contributed by atoms with Gasteiger partial charge in [-0.3, -0.25) is 15.3 Å². The lowest BCUT2D eigenvalue weighted by Gasteiger charge is -2.38. The highest BCUT2D eigenvalue weighted by Gasteiger charge is 2.87. The Morgan fingerprint density at radius 3 is 2.49 bits per heavy atom. The normalized spacial score (nSPS) is 37.8.